The van der Waals surface area contributed by atoms with Crippen LogP contribution >= 0.6 is 0 Å². The van der Waals surface area contributed by atoms with Crippen molar-refractivity contribution in [3.63, 3.8) is 0 Å². The van der Waals surface area contributed by atoms with Gasteiger partial charge in [0.1, 0.15) is 5.75 Å². The molecule has 1 atom stereocenters. The molecule has 7 heteroatoms. The molecular weight excluding hydrogens is 329 g/mol. The molecule has 1 amide bonds. The maximum Gasteiger partial charge on any atom is 0.373 e. The summed E-state index contributed by atoms with van der Waals surface area (Å²) in [6.45, 7) is 3.22. The number of hydrogen-bond donors (Lipinski definition) is 3. The van der Waals surface area contributed by atoms with Gasteiger partial charge in [0.25, 0.3) is 0 Å². The summed E-state index contributed by atoms with van der Waals surface area (Å²) in [6.07, 6.45) is 0.852. The maximum absolute atomic E-state index is 12.5. The van der Waals surface area contributed by atoms with Gasteiger partial charge in [0.15, 0.2) is 5.75 Å². The molecule has 1 aliphatic rings. The fourth-order valence-electron chi connectivity index (χ4n) is 3.06. The van der Waals surface area contributed by atoms with Crippen LogP contribution in [0.15, 0.2) is 54.6 Å². The van der Waals surface area contributed by atoms with Crippen molar-refractivity contribution < 1.29 is 14.6 Å². The van der Waals surface area contributed by atoms with Crippen LogP contribution in [-0.4, -0.2) is 48.6 Å². The lowest BCUT2D eigenvalue weighted by molar-refractivity contribution is -0.128. The van der Waals surface area contributed by atoms with Crippen molar-refractivity contribution in [3.8, 4) is 11.5 Å². The highest BCUT2D eigenvalue weighted by atomic mass is 16.5. The third-order valence-electron chi connectivity index (χ3n) is 4.31. The number of benzene rings is 2. The van der Waals surface area contributed by atoms with Crippen LogP contribution in [0.2, 0.25) is 6.82 Å². The zero-order valence-electron chi connectivity index (χ0n) is 14.9. The Hall–Kier alpha value is -2.51. The molecule has 3 rings (SSSR count). The molecule has 1 saturated heterocycles. The average Bonchev–Trinajstić information content (AvgIpc) is 3.09. The highest BCUT2D eigenvalue weighted by Crippen LogP contribution is 2.29. The molecule has 3 N–H and O–H groups in total. The SMILES string of the molecule is CB(O)NC1CCN(C(=O)CNc2ccccc2Oc2ccccc2)C1. The Balaban J connectivity index is 1.56. The number of rotatable bonds is 7. The molecule has 0 bridgehead atoms. The van der Waals surface area contributed by atoms with E-state index in [9.17, 15) is 9.82 Å². The molecule has 0 spiro atoms. The number of para-hydroxylation sites is 3. The number of nitrogens with one attached hydrogen (secondary N) is 2. The standard InChI is InChI=1S/C19H24BN3O3/c1-20(25)22-15-11-12-23(14-15)19(24)13-21-17-9-5-6-10-18(17)26-16-7-3-2-4-8-16/h2-10,15,21-22,25H,11-14H2,1H3. The average molecular weight is 353 g/mol. The third-order valence-corrected chi connectivity index (χ3v) is 4.31. The molecule has 1 aliphatic heterocycles. The van der Waals surface area contributed by atoms with Gasteiger partial charge in [-0.1, -0.05) is 30.3 Å². The summed E-state index contributed by atoms with van der Waals surface area (Å²) in [7, 11) is -0.560. The van der Waals surface area contributed by atoms with Gasteiger partial charge >= 0.3 is 7.05 Å². The van der Waals surface area contributed by atoms with Crippen LogP contribution in [0.25, 0.3) is 0 Å². The minimum Gasteiger partial charge on any atom is -0.455 e. The van der Waals surface area contributed by atoms with Crippen LogP contribution in [0.5, 0.6) is 11.5 Å². The lowest BCUT2D eigenvalue weighted by atomic mass is 9.87. The number of carbonyl (C=O) groups is 1. The van der Waals surface area contributed by atoms with E-state index in [-0.39, 0.29) is 18.5 Å². The number of carbonyl (C=O) groups excluding carboxylic acids is 1. The van der Waals surface area contributed by atoms with Gasteiger partial charge in [0.2, 0.25) is 5.91 Å². The normalized spacial score (nSPS) is 16.4. The summed E-state index contributed by atoms with van der Waals surface area (Å²) < 4.78 is 5.90. The number of ether oxygens (including phenoxy) is 1. The van der Waals surface area contributed by atoms with E-state index in [0.29, 0.717) is 18.8 Å². The summed E-state index contributed by atoms with van der Waals surface area (Å²) in [5.74, 6) is 1.47. The lowest BCUT2D eigenvalue weighted by Gasteiger charge is -2.19. The van der Waals surface area contributed by atoms with Gasteiger partial charge in [-0.05, 0) is 37.5 Å². The Morgan fingerprint density at radius 1 is 1.23 bits per heavy atom. The molecule has 0 saturated carbocycles. The van der Waals surface area contributed by atoms with Gasteiger partial charge < -0.3 is 25.2 Å². The van der Waals surface area contributed by atoms with Crippen LogP contribution in [-0.2, 0) is 4.79 Å². The number of hydrogen-bond acceptors (Lipinski definition) is 5. The molecule has 1 heterocycles. The molecular formula is C19H24BN3O3. The second-order valence-electron chi connectivity index (χ2n) is 6.43. The van der Waals surface area contributed by atoms with Crippen LogP contribution < -0.4 is 15.3 Å². The van der Waals surface area contributed by atoms with Gasteiger partial charge in [-0.15, -0.1) is 0 Å². The predicted molar refractivity (Wildman–Crippen MR) is 103 cm³/mol. The van der Waals surface area contributed by atoms with E-state index < -0.39 is 7.05 Å². The van der Waals surface area contributed by atoms with E-state index in [1.54, 1.807) is 6.82 Å². The first-order valence-corrected chi connectivity index (χ1v) is 8.89. The van der Waals surface area contributed by atoms with E-state index in [1.807, 2.05) is 59.5 Å². The fraction of sp³-hybridized carbons (Fsp3) is 0.316. The summed E-state index contributed by atoms with van der Waals surface area (Å²) in [5.41, 5.74) is 0.780. The number of likely N-dealkylation sites (tertiary alicyclic amines) is 1. The third kappa shape index (κ3) is 5.00. The molecule has 6 nitrogen and oxygen atoms in total. The molecule has 26 heavy (non-hydrogen) atoms. The van der Waals surface area contributed by atoms with Crippen molar-refractivity contribution in [2.45, 2.75) is 19.3 Å². The highest BCUT2D eigenvalue weighted by molar-refractivity contribution is 6.45. The van der Waals surface area contributed by atoms with Crippen molar-refractivity contribution in [2.75, 3.05) is 25.0 Å². The Kier molecular flexibility index (Phi) is 6.14. The first kappa shape index (κ1) is 18.3. The first-order valence-electron chi connectivity index (χ1n) is 8.89. The maximum atomic E-state index is 12.5. The van der Waals surface area contributed by atoms with Gasteiger partial charge in [0.05, 0.1) is 12.2 Å². The molecule has 2 aromatic carbocycles. The highest BCUT2D eigenvalue weighted by Gasteiger charge is 2.27. The second kappa shape index (κ2) is 8.73. The van der Waals surface area contributed by atoms with Crippen molar-refractivity contribution in [3.05, 3.63) is 54.6 Å². The molecule has 0 aromatic heterocycles. The van der Waals surface area contributed by atoms with E-state index in [4.69, 9.17) is 4.74 Å². The van der Waals surface area contributed by atoms with E-state index in [0.717, 1.165) is 17.9 Å². The Morgan fingerprint density at radius 3 is 2.73 bits per heavy atom. The van der Waals surface area contributed by atoms with Crippen molar-refractivity contribution in [1.82, 2.24) is 10.1 Å². The Morgan fingerprint density at radius 2 is 1.96 bits per heavy atom. The summed E-state index contributed by atoms with van der Waals surface area (Å²) >= 11 is 0. The van der Waals surface area contributed by atoms with Gasteiger partial charge in [-0.3, -0.25) is 4.79 Å². The minimum atomic E-state index is -0.560. The Bertz CT molecular complexity index is 727. The predicted octanol–water partition coefficient (Wildman–Crippen LogP) is 2.19. The van der Waals surface area contributed by atoms with Gasteiger partial charge in [-0.25, -0.2) is 0 Å². The largest absolute Gasteiger partial charge is 0.455 e. The van der Waals surface area contributed by atoms with E-state index in [1.165, 1.54) is 0 Å². The molecule has 2 aromatic rings. The zero-order chi connectivity index (χ0) is 18.4. The van der Waals surface area contributed by atoms with Crippen LogP contribution in [0, 0.1) is 0 Å². The molecule has 0 radical (unpaired) electrons. The zero-order valence-corrected chi connectivity index (χ0v) is 14.9. The van der Waals surface area contributed by atoms with Crippen molar-refractivity contribution in [2.24, 2.45) is 0 Å². The first-order chi connectivity index (χ1) is 12.6. The number of anilines is 1. The van der Waals surface area contributed by atoms with Crippen molar-refractivity contribution in [1.29, 1.82) is 0 Å². The summed E-state index contributed by atoms with van der Waals surface area (Å²) in [4.78, 5) is 14.3. The quantitative estimate of drug-likeness (QED) is 0.666. The van der Waals surface area contributed by atoms with E-state index >= 15 is 0 Å². The Labute approximate surface area is 154 Å². The monoisotopic (exact) mass is 353 g/mol. The number of nitrogens with zero attached hydrogens (tertiary/aromatic N) is 1. The van der Waals surface area contributed by atoms with Crippen LogP contribution in [0.4, 0.5) is 5.69 Å². The second-order valence-corrected chi connectivity index (χ2v) is 6.43. The van der Waals surface area contributed by atoms with Gasteiger partial charge in [0, 0.05) is 19.1 Å². The molecule has 1 fully saturated rings. The van der Waals surface area contributed by atoms with E-state index in [2.05, 4.69) is 10.5 Å². The van der Waals surface area contributed by atoms with Crippen molar-refractivity contribution >= 4 is 18.6 Å². The summed E-state index contributed by atoms with van der Waals surface area (Å²) in [6, 6.07) is 17.3. The molecule has 0 aliphatic carbocycles. The lowest BCUT2D eigenvalue weighted by Crippen LogP contribution is -2.43. The topological polar surface area (TPSA) is 73.8 Å². The number of amides is 1. The molecule has 1 unspecified atom stereocenters. The van der Waals surface area contributed by atoms with Crippen LogP contribution in [0.3, 0.4) is 0 Å². The molecule has 136 valence electrons. The van der Waals surface area contributed by atoms with Gasteiger partial charge in [-0.2, -0.15) is 0 Å². The summed E-state index contributed by atoms with van der Waals surface area (Å²) in [5, 5.41) is 15.6. The smallest absolute Gasteiger partial charge is 0.373 e. The fourth-order valence-corrected chi connectivity index (χ4v) is 3.06. The van der Waals surface area contributed by atoms with Crippen LogP contribution in [0.1, 0.15) is 6.42 Å². The minimum absolute atomic E-state index is 0.0365.